The molecule has 0 amide bonds. The molecule has 0 aliphatic heterocycles. The third-order valence-electron chi connectivity index (χ3n) is 4.45. The Morgan fingerprint density at radius 2 is 1.79 bits per heavy atom. The van der Waals surface area contributed by atoms with Crippen molar-refractivity contribution < 1.29 is 9.13 Å². The minimum absolute atomic E-state index is 0.0767. The van der Waals surface area contributed by atoms with E-state index < -0.39 is 5.82 Å². The second-order valence-electron chi connectivity index (χ2n) is 6.26. The van der Waals surface area contributed by atoms with Gasteiger partial charge in [0.25, 0.3) is 0 Å². The molecule has 0 bridgehead atoms. The van der Waals surface area contributed by atoms with Crippen molar-refractivity contribution in [3.8, 4) is 11.5 Å². The summed E-state index contributed by atoms with van der Waals surface area (Å²) in [5.74, 6) is 0.226. The number of ether oxygens (including phenoxy) is 1. The van der Waals surface area contributed by atoms with Crippen molar-refractivity contribution in [2.45, 2.75) is 44.3 Å². The Bertz CT molecular complexity index is 673. The Morgan fingerprint density at radius 1 is 1.08 bits per heavy atom. The van der Waals surface area contributed by atoms with Gasteiger partial charge in [0.1, 0.15) is 5.75 Å². The van der Waals surface area contributed by atoms with Gasteiger partial charge < -0.3 is 15.8 Å². The maximum atomic E-state index is 14.8. The van der Waals surface area contributed by atoms with Crippen LogP contribution in [0.4, 0.5) is 4.39 Å². The SMILES string of the molecule is N[C@H]1CC[C@H](NCc2ccc(Cl)c(Oc3ccccc3)c2F)CC1. The van der Waals surface area contributed by atoms with Crippen LogP contribution in [0.15, 0.2) is 42.5 Å². The summed E-state index contributed by atoms with van der Waals surface area (Å²) in [6.45, 7) is 0.452. The topological polar surface area (TPSA) is 47.3 Å². The van der Waals surface area contributed by atoms with Gasteiger partial charge in [0.05, 0.1) is 5.02 Å². The number of halogens is 2. The molecule has 1 aliphatic carbocycles. The molecule has 3 N–H and O–H groups in total. The van der Waals surface area contributed by atoms with Crippen LogP contribution in [0.3, 0.4) is 0 Å². The molecule has 0 unspecified atom stereocenters. The number of nitrogens with two attached hydrogens (primary N) is 1. The van der Waals surface area contributed by atoms with Gasteiger partial charge in [0, 0.05) is 24.2 Å². The third kappa shape index (κ3) is 4.26. The van der Waals surface area contributed by atoms with Crippen molar-refractivity contribution in [3.63, 3.8) is 0 Å². The van der Waals surface area contributed by atoms with Gasteiger partial charge in [0.15, 0.2) is 11.6 Å². The lowest BCUT2D eigenvalue weighted by Crippen LogP contribution is -2.37. The van der Waals surface area contributed by atoms with Crippen molar-refractivity contribution in [1.29, 1.82) is 0 Å². The summed E-state index contributed by atoms with van der Waals surface area (Å²) in [5.41, 5.74) is 6.47. The molecule has 0 radical (unpaired) electrons. The normalized spacial score (nSPS) is 20.8. The maximum Gasteiger partial charge on any atom is 0.181 e. The van der Waals surface area contributed by atoms with Gasteiger partial charge in [-0.05, 0) is 43.9 Å². The van der Waals surface area contributed by atoms with Crippen LogP contribution in [0.5, 0.6) is 11.5 Å². The lowest BCUT2D eigenvalue weighted by atomic mass is 9.92. The lowest BCUT2D eigenvalue weighted by molar-refractivity contribution is 0.339. The summed E-state index contributed by atoms with van der Waals surface area (Å²) in [4.78, 5) is 0. The molecule has 0 saturated heterocycles. The number of rotatable bonds is 5. The molecule has 0 atom stereocenters. The standard InChI is InChI=1S/C19H22ClFN2O/c20-17-11-6-13(12-23-15-9-7-14(22)8-10-15)18(21)19(17)24-16-4-2-1-3-5-16/h1-6,11,14-15,23H,7-10,12,22H2/t14-,15-. The van der Waals surface area contributed by atoms with Crippen molar-refractivity contribution in [2.75, 3.05) is 0 Å². The predicted octanol–water partition coefficient (Wildman–Crippen LogP) is 4.63. The highest BCUT2D eigenvalue weighted by atomic mass is 35.5. The molecule has 0 aromatic heterocycles. The Kier molecular flexibility index (Phi) is 5.72. The van der Waals surface area contributed by atoms with Gasteiger partial charge in [-0.2, -0.15) is 0 Å². The van der Waals surface area contributed by atoms with Gasteiger partial charge in [-0.1, -0.05) is 35.9 Å². The van der Waals surface area contributed by atoms with Gasteiger partial charge in [0.2, 0.25) is 0 Å². The fourth-order valence-corrected chi connectivity index (χ4v) is 3.17. The largest absolute Gasteiger partial charge is 0.453 e. The van der Waals surface area contributed by atoms with Crippen LogP contribution in [0.25, 0.3) is 0 Å². The molecule has 128 valence electrons. The minimum Gasteiger partial charge on any atom is -0.453 e. The first-order valence-corrected chi connectivity index (χ1v) is 8.70. The Hall–Kier alpha value is -1.62. The molecular formula is C19H22ClFN2O. The zero-order chi connectivity index (χ0) is 16.9. The number of hydrogen-bond donors (Lipinski definition) is 2. The number of benzene rings is 2. The molecule has 3 rings (SSSR count). The van der Waals surface area contributed by atoms with E-state index >= 15 is 0 Å². The highest BCUT2D eigenvalue weighted by Gasteiger charge is 2.20. The second-order valence-corrected chi connectivity index (χ2v) is 6.66. The summed E-state index contributed by atoms with van der Waals surface area (Å²) in [6, 6.07) is 13.2. The first kappa shape index (κ1) is 17.2. The van der Waals surface area contributed by atoms with E-state index in [2.05, 4.69) is 5.32 Å². The molecule has 24 heavy (non-hydrogen) atoms. The molecular weight excluding hydrogens is 327 g/mol. The van der Waals surface area contributed by atoms with Gasteiger partial charge in [-0.25, -0.2) is 4.39 Å². The zero-order valence-electron chi connectivity index (χ0n) is 13.5. The van der Waals surface area contributed by atoms with Crippen molar-refractivity contribution in [1.82, 2.24) is 5.32 Å². The Morgan fingerprint density at radius 3 is 2.50 bits per heavy atom. The summed E-state index contributed by atoms with van der Waals surface area (Å²) in [6.07, 6.45) is 4.10. The zero-order valence-corrected chi connectivity index (χ0v) is 14.2. The molecule has 1 fully saturated rings. The van der Waals surface area contributed by atoms with Crippen LogP contribution in [-0.2, 0) is 6.54 Å². The van der Waals surface area contributed by atoms with Crippen molar-refractivity contribution in [2.24, 2.45) is 5.73 Å². The third-order valence-corrected chi connectivity index (χ3v) is 4.74. The summed E-state index contributed by atoms with van der Waals surface area (Å²) >= 11 is 6.12. The molecule has 0 spiro atoms. The summed E-state index contributed by atoms with van der Waals surface area (Å²) in [7, 11) is 0. The fourth-order valence-electron chi connectivity index (χ4n) is 2.99. The Labute approximate surface area is 147 Å². The summed E-state index contributed by atoms with van der Waals surface area (Å²) < 4.78 is 20.4. The van der Waals surface area contributed by atoms with Crippen molar-refractivity contribution >= 4 is 11.6 Å². The molecule has 2 aromatic rings. The lowest BCUT2D eigenvalue weighted by Gasteiger charge is -2.27. The van der Waals surface area contributed by atoms with E-state index in [9.17, 15) is 4.39 Å². The average Bonchev–Trinajstić information content (AvgIpc) is 2.60. The predicted molar refractivity (Wildman–Crippen MR) is 95.0 cm³/mol. The van der Waals surface area contributed by atoms with Gasteiger partial charge in [-0.15, -0.1) is 0 Å². The van der Waals surface area contributed by atoms with Crippen molar-refractivity contribution in [3.05, 3.63) is 58.9 Å². The molecule has 5 heteroatoms. The maximum absolute atomic E-state index is 14.8. The number of para-hydroxylation sites is 1. The number of hydrogen-bond acceptors (Lipinski definition) is 3. The van der Waals surface area contributed by atoms with Crippen LogP contribution in [0, 0.1) is 5.82 Å². The molecule has 2 aromatic carbocycles. The van der Waals surface area contributed by atoms with E-state index in [4.69, 9.17) is 22.1 Å². The van der Waals surface area contributed by atoms with E-state index in [1.807, 2.05) is 18.2 Å². The fraction of sp³-hybridized carbons (Fsp3) is 0.368. The molecule has 0 heterocycles. The minimum atomic E-state index is -0.411. The van der Waals surface area contributed by atoms with E-state index in [0.717, 1.165) is 25.7 Å². The van der Waals surface area contributed by atoms with Gasteiger partial charge >= 0.3 is 0 Å². The van der Waals surface area contributed by atoms with Crippen LogP contribution >= 0.6 is 11.6 Å². The van der Waals surface area contributed by atoms with Crippen LogP contribution < -0.4 is 15.8 Å². The first-order valence-electron chi connectivity index (χ1n) is 8.32. The van der Waals surface area contributed by atoms with Crippen LogP contribution in [0.2, 0.25) is 5.02 Å². The monoisotopic (exact) mass is 348 g/mol. The second kappa shape index (κ2) is 7.97. The number of nitrogens with one attached hydrogen (secondary N) is 1. The van der Waals surface area contributed by atoms with Gasteiger partial charge in [-0.3, -0.25) is 0 Å². The summed E-state index contributed by atoms with van der Waals surface area (Å²) in [5, 5.41) is 3.68. The molecule has 1 saturated carbocycles. The van der Waals surface area contributed by atoms with E-state index in [1.165, 1.54) is 0 Å². The highest BCUT2D eigenvalue weighted by molar-refractivity contribution is 6.32. The first-order chi connectivity index (χ1) is 11.6. The molecule has 3 nitrogen and oxygen atoms in total. The van der Waals surface area contributed by atoms with Crippen LogP contribution in [-0.4, -0.2) is 12.1 Å². The van der Waals surface area contributed by atoms with E-state index in [1.54, 1.807) is 24.3 Å². The quantitative estimate of drug-likeness (QED) is 0.828. The van der Waals surface area contributed by atoms with E-state index in [-0.39, 0.29) is 10.8 Å². The average molecular weight is 349 g/mol. The van der Waals surface area contributed by atoms with E-state index in [0.29, 0.717) is 29.9 Å². The Balaban J connectivity index is 1.69. The molecule has 1 aliphatic rings. The van der Waals surface area contributed by atoms with Crippen LogP contribution in [0.1, 0.15) is 31.2 Å². The smallest absolute Gasteiger partial charge is 0.181 e. The highest BCUT2D eigenvalue weighted by Crippen LogP contribution is 2.34.